The highest BCUT2D eigenvalue weighted by Gasteiger charge is 2.28. The summed E-state index contributed by atoms with van der Waals surface area (Å²) in [4.78, 5) is 0. The zero-order valence-corrected chi connectivity index (χ0v) is 11.2. The predicted molar refractivity (Wildman–Crippen MR) is 69.4 cm³/mol. The Morgan fingerprint density at radius 2 is 2.06 bits per heavy atom. The summed E-state index contributed by atoms with van der Waals surface area (Å²) in [6.45, 7) is 7.67. The van der Waals surface area contributed by atoms with Gasteiger partial charge >= 0.3 is 0 Å². The van der Waals surface area contributed by atoms with Crippen molar-refractivity contribution in [3.05, 3.63) is 0 Å². The first-order chi connectivity index (χ1) is 7.67. The fourth-order valence-electron chi connectivity index (χ4n) is 2.66. The predicted octanol–water partition coefficient (Wildman–Crippen LogP) is 3.35. The second-order valence-corrected chi connectivity index (χ2v) is 5.52. The van der Waals surface area contributed by atoms with Gasteiger partial charge in [0.1, 0.15) is 0 Å². The highest BCUT2D eigenvalue weighted by molar-refractivity contribution is 4.83. The van der Waals surface area contributed by atoms with E-state index in [0.29, 0.717) is 12.0 Å². The largest absolute Gasteiger partial charge is 0.376 e. The normalized spacial score (nSPS) is 32.6. The summed E-state index contributed by atoms with van der Waals surface area (Å²) in [5, 5.41) is 0. The molecule has 0 aromatic rings. The van der Waals surface area contributed by atoms with E-state index >= 15 is 0 Å². The van der Waals surface area contributed by atoms with Gasteiger partial charge in [0, 0.05) is 12.6 Å². The van der Waals surface area contributed by atoms with Crippen molar-refractivity contribution in [3.8, 4) is 0 Å². The molecule has 0 aromatic heterocycles. The average Bonchev–Trinajstić information content (AvgIpc) is 2.28. The lowest BCUT2D eigenvalue weighted by molar-refractivity contribution is -0.0161. The van der Waals surface area contributed by atoms with Crippen LogP contribution >= 0.6 is 0 Å². The van der Waals surface area contributed by atoms with E-state index in [1.165, 1.54) is 32.1 Å². The third-order valence-corrected chi connectivity index (χ3v) is 3.91. The average molecular weight is 227 g/mol. The third-order valence-electron chi connectivity index (χ3n) is 3.91. The molecule has 96 valence electrons. The molecule has 16 heavy (non-hydrogen) atoms. The lowest BCUT2D eigenvalue weighted by atomic mass is 9.83. The summed E-state index contributed by atoms with van der Waals surface area (Å²) in [5.41, 5.74) is 6.13. The molecule has 0 aromatic carbocycles. The lowest BCUT2D eigenvalue weighted by Crippen LogP contribution is -2.42. The van der Waals surface area contributed by atoms with Gasteiger partial charge in [-0.1, -0.05) is 33.6 Å². The van der Waals surface area contributed by atoms with Crippen LogP contribution in [-0.4, -0.2) is 18.8 Å². The summed E-state index contributed by atoms with van der Waals surface area (Å²) in [6.07, 6.45) is 7.72. The van der Waals surface area contributed by atoms with Gasteiger partial charge in [0.25, 0.3) is 0 Å². The molecule has 2 nitrogen and oxygen atoms in total. The Morgan fingerprint density at radius 1 is 1.31 bits per heavy atom. The van der Waals surface area contributed by atoms with Crippen LogP contribution < -0.4 is 5.73 Å². The molecule has 0 bridgehead atoms. The molecule has 2 N–H and O–H groups in total. The number of hydrogen-bond donors (Lipinski definition) is 1. The van der Waals surface area contributed by atoms with Crippen molar-refractivity contribution in [2.75, 3.05) is 6.61 Å². The van der Waals surface area contributed by atoms with Crippen LogP contribution in [0.3, 0.4) is 0 Å². The molecular formula is C14H29NO. The third kappa shape index (κ3) is 4.42. The molecule has 1 aliphatic rings. The Balaban J connectivity index is 2.27. The Labute approximate surface area is 101 Å². The van der Waals surface area contributed by atoms with Crippen LogP contribution in [0.25, 0.3) is 0 Å². The van der Waals surface area contributed by atoms with E-state index in [1.54, 1.807) is 0 Å². The van der Waals surface area contributed by atoms with Crippen LogP contribution in [0, 0.1) is 11.8 Å². The fraction of sp³-hybridized carbons (Fsp3) is 1.00. The van der Waals surface area contributed by atoms with Gasteiger partial charge in [0.15, 0.2) is 0 Å². The Kier molecular flexibility index (Phi) is 6.37. The molecule has 1 aliphatic carbocycles. The maximum atomic E-state index is 6.13. The summed E-state index contributed by atoms with van der Waals surface area (Å²) in [7, 11) is 0. The molecule has 0 spiro atoms. The molecule has 4 unspecified atom stereocenters. The topological polar surface area (TPSA) is 35.2 Å². The quantitative estimate of drug-likeness (QED) is 0.755. The zero-order chi connectivity index (χ0) is 12.0. The van der Waals surface area contributed by atoms with Crippen LogP contribution in [-0.2, 0) is 4.74 Å². The van der Waals surface area contributed by atoms with E-state index < -0.39 is 0 Å². The van der Waals surface area contributed by atoms with Gasteiger partial charge in [-0.25, -0.2) is 0 Å². The van der Waals surface area contributed by atoms with Crippen molar-refractivity contribution < 1.29 is 4.74 Å². The van der Waals surface area contributed by atoms with Crippen molar-refractivity contribution in [1.29, 1.82) is 0 Å². The molecule has 1 saturated carbocycles. The van der Waals surface area contributed by atoms with Crippen LogP contribution in [0.2, 0.25) is 0 Å². The highest BCUT2D eigenvalue weighted by atomic mass is 16.5. The van der Waals surface area contributed by atoms with Crippen molar-refractivity contribution in [3.63, 3.8) is 0 Å². The highest BCUT2D eigenvalue weighted by Crippen LogP contribution is 2.28. The summed E-state index contributed by atoms with van der Waals surface area (Å²) in [6, 6.07) is 0.275. The molecule has 0 aliphatic heterocycles. The van der Waals surface area contributed by atoms with Crippen molar-refractivity contribution in [2.45, 2.75) is 71.4 Å². The van der Waals surface area contributed by atoms with E-state index in [-0.39, 0.29) is 6.04 Å². The van der Waals surface area contributed by atoms with Crippen LogP contribution in [0.5, 0.6) is 0 Å². The second kappa shape index (κ2) is 7.29. The minimum atomic E-state index is 0.275. The van der Waals surface area contributed by atoms with Crippen LogP contribution in [0.4, 0.5) is 0 Å². The van der Waals surface area contributed by atoms with Gasteiger partial charge in [-0.3, -0.25) is 0 Å². The summed E-state index contributed by atoms with van der Waals surface area (Å²) in [5.74, 6) is 1.52. The van der Waals surface area contributed by atoms with Crippen molar-refractivity contribution in [2.24, 2.45) is 17.6 Å². The summed E-state index contributed by atoms with van der Waals surface area (Å²) < 4.78 is 6.02. The van der Waals surface area contributed by atoms with E-state index in [2.05, 4.69) is 20.8 Å². The van der Waals surface area contributed by atoms with E-state index in [1.807, 2.05) is 0 Å². The number of ether oxygens (including phenoxy) is 1. The van der Waals surface area contributed by atoms with E-state index in [4.69, 9.17) is 10.5 Å². The minimum Gasteiger partial charge on any atom is -0.376 e. The zero-order valence-electron chi connectivity index (χ0n) is 11.2. The maximum Gasteiger partial charge on any atom is 0.0728 e. The molecule has 1 fully saturated rings. The maximum absolute atomic E-state index is 6.13. The molecule has 0 heterocycles. The molecule has 4 atom stereocenters. The monoisotopic (exact) mass is 227 g/mol. The molecule has 1 rings (SSSR count). The molecule has 0 amide bonds. The van der Waals surface area contributed by atoms with Gasteiger partial charge < -0.3 is 10.5 Å². The Bertz CT molecular complexity index is 184. The molecule has 2 heteroatoms. The smallest absolute Gasteiger partial charge is 0.0728 e. The first kappa shape index (κ1) is 14.0. The molecule has 0 saturated heterocycles. The SMILES string of the molecule is CCCC(C)COC1CC(CC)CCC1N. The lowest BCUT2D eigenvalue weighted by Gasteiger charge is -2.34. The first-order valence-electron chi connectivity index (χ1n) is 7.04. The van der Waals surface area contributed by atoms with Crippen molar-refractivity contribution in [1.82, 2.24) is 0 Å². The van der Waals surface area contributed by atoms with Gasteiger partial charge in [0.05, 0.1) is 6.10 Å². The number of nitrogens with two attached hydrogens (primary N) is 1. The van der Waals surface area contributed by atoms with Crippen LogP contribution in [0.15, 0.2) is 0 Å². The van der Waals surface area contributed by atoms with Gasteiger partial charge in [0.2, 0.25) is 0 Å². The second-order valence-electron chi connectivity index (χ2n) is 5.52. The first-order valence-corrected chi connectivity index (χ1v) is 7.04. The van der Waals surface area contributed by atoms with Crippen LogP contribution in [0.1, 0.15) is 59.3 Å². The minimum absolute atomic E-state index is 0.275. The van der Waals surface area contributed by atoms with E-state index in [0.717, 1.165) is 18.9 Å². The summed E-state index contributed by atoms with van der Waals surface area (Å²) >= 11 is 0. The number of rotatable bonds is 6. The van der Waals surface area contributed by atoms with Gasteiger partial charge in [-0.2, -0.15) is 0 Å². The molecule has 0 radical (unpaired) electrons. The fourth-order valence-corrected chi connectivity index (χ4v) is 2.66. The van der Waals surface area contributed by atoms with Gasteiger partial charge in [-0.15, -0.1) is 0 Å². The van der Waals surface area contributed by atoms with Crippen molar-refractivity contribution >= 4 is 0 Å². The van der Waals surface area contributed by atoms with Gasteiger partial charge in [-0.05, 0) is 37.5 Å². The Morgan fingerprint density at radius 3 is 2.69 bits per heavy atom. The number of hydrogen-bond acceptors (Lipinski definition) is 2. The Hall–Kier alpha value is -0.0800. The van der Waals surface area contributed by atoms with E-state index in [9.17, 15) is 0 Å². The standard InChI is InChI=1S/C14H29NO/c1-4-6-11(3)10-16-14-9-12(5-2)7-8-13(14)15/h11-14H,4-10,15H2,1-3H3. The molecular weight excluding hydrogens is 198 g/mol.